The first-order chi connectivity index (χ1) is 2.89. The van der Waals surface area contributed by atoms with Gasteiger partial charge >= 0.3 is 0 Å². The molecular formula is C3H3ClNS. The quantitative estimate of drug-likeness (QED) is 0.292. The summed E-state index contributed by atoms with van der Waals surface area (Å²) in [7, 11) is 0. The molecule has 0 aromatic heterocycles. The van der Waals surface area contributed by atoms with Crippen LogP contribution >= 0.6 is 23.5 Å². The van der Waals surface area contributed by atoms with Crippen LogP contribution in [0.2, 0.25) is 0 Å². The summed E-state index contributed by atoms with van der Waals surface area (Å²) < 4.78 is 2.83. The van der Waals surface area contributed by atoms with Gasteiger partial charge in [0.2, 0.25) is 0 Å². The lowest BCUT2D eigenvalue weighted by atomic mass is 10.7. The average Bonchev–Trinajstić information content (AvgIpc) is 1.86. The summed E-state index contributed by atoms with van der Waals surface area (Å²) in [5.74, 6) is 0. The Balaban J connectivity index is 2.38. The maximum atomic E-state index is 5.44. The molecular weight excluding hydrogens is 118 g/mol. The number of hydrogen-bond acceptors (Lipinski definition) is 2. The van der Waals surface area contributed by atoms with Crippen molar-refractivity contribution in [1.82, 2.24) is 4.72 Å². The SMILES string of the molecule is ClC1[C]=CSN1. The highest BCUT2D eigenvalue weighted by Crippen LogP contribution is 2.09. The summed E-state index contributed by atoms with van der Waals surface area (Å²) in [5.41, 5.74) is -0.0741. The Morgan fingerprint density at radius 1 is 2.00 bits per heavy atom. The van der Waals surface area contributed by atoms with Crippen LogP contribution in [-0.4, -0.2) is 5.50 Å². The Bertz CT molecular complexity index is 73.2. The van der Waals surface area contributed by atoms with Crippen LogP contribution in [0.25, 0.3) is 0 Å². The van der Waals surface area contributed by atoms with Gasteiger partial charge in [-0.05, 0) is 11.5 Å². The Hall–Kier alpha value is 0.340. The standard InChI is InChI=1S/C3H3ClNS/c4-3-1-2-6-5-3/h2-3,5H. The molecule has 1 aliphatic rings. The van der Waals surface area contributed by atoms with Crippen molar-refractivity contribution in [2.24, 2.45) is 0 Å². The normalized spacial score (nSPS) is 31.8. The van der Waals surface area contributed by atoms with E-state index in [9.17, 15) is 0 Å². The zero-order chi connectivity index (χ0) is 4.41. The highest BCUT2D eigenvalue weighted by Gasteiger charge is 2.01. The third-order valence-electron chi connectivity index (χ3n) is 0.445. The molecule has 3 heteroatoms. The maximum absolute atomic E-state index is 5.44. The van der Waals surface area contributed by atoms with E-state index < -0.39 is 0 Å². The van der Waals surface area contributed by atoms with Gasteiger partial charge in [-0.3, -0.25) is 0 Å². The fraction of sp³-hybridized carbons (Fsp3) is 0.333. The van der Waals surface area contributed by atoms with Gasteiger partial charge in [-0.15, -0.1) is 0 Å². The van der Waals surface area contributed by atoms with Crippen LogP contribution in [0.3, 0.4) is 0 Å². The van der Waals surface area contributed by atoms with Crippen LogP contribution in [0.15, 0.2) is 5.41 Å². The molecule has 1 aliphatic heterocycles. The van der Waals surface area contributed by atoms with Crippen LogP contribution in [-0.2, 0) is 0 Å². The summed E-state index contributed by atoms with van der Waals surface area (Å²) >= 11 is 6.90. The molecule has 33 valence electrons. The van der Waals surface area contributed by atoms with Gasteiger partial charge in [0.1, 0.15) is 5.50 Å². The Labute approximate surface area is 45.9 Å². The van der Waals surface area contributed by atoms with Gasteiger partial charge in [0.15, 0.2) is 0 Å². The van der Waals surface area contributed by atoms with E-state index >= 15 is 0 Å². The smallest absolute Gasteiger partial charge is 0.118 e. The zero-order valence-corrected chi connectivity index (χ0v) is 4.51. The number of rotatable bonds is 0. The summed E-state index contributed by atoms with van der Waals surface area (Å²) in [5, 5.41) is 1.80. The molecule has 0 saturated carbocycles. The van der Waals surface area contributed by atoms with Gasteiger partial charge in [0.25, 0.3) is 0 Å². The van der Waals surface area contributed by atoms with Crippen molar-refractivity contribution in [2.75, 3.05) is 0 Å². The molecule has 1 unspecified atom stereocenters. The van der Waals surface area contributed by atoms with E-state index in [0.717, 1.165) is 0 Å². The van der Waals surface area contributed by atoms with E-state index in [-0.39, 0.29) is 5.50 Å². The monoisotopic (exact) mass is 120 g/mol. The van der Waals surface area contributed by atoms with Crippen molar-refractivity contribution in [3.05, 3.63) is 11.5 Å². The van der Waals surface area contributed by atoms with Crippen LogP contribution in [0, 0.1) is 6.08 Å². The molecule has 1 nitrogen and oxygen atoms in total. The second-order valence-electron chi connectivity index (χ2n) is 0.883. The fourth-order valence-electron chi connectivity index (χ4n) is 0.222. The summed E-state index contributed by atoms with van der Waals surface area (Å²) in [6.45, 7) is 0. The Kier molecular flexibility index (Phi) is 1.40. The number of nitrogens with one attached hydrogen (secondary N) is 1. The molecule has 0 aliphatic carbocycles. The lowest BCUT2D eigenvalue weighted by Crippen LogP contribution is -2.06. The van der Waals surface area contributed by atoms with Crippen LogP contribution in [0.4, 0.5) is 0 Å². The third-order valence-corrected chi connectivity index (χ3v) is 1.44. The van der Waals surface area contributed by atoms with Crippen molar-refractivity contribution in [1.29, 1.82) is 0 Å². The summed E-state index contributed by atoms with van der Waals surface area (Å²) in [6, 6.07) is 0. The van der Waals surface area contributed by atoms with E-state index in [4.69, 9.17) is 11.6 Å². The number of hydrogen-bond donors (Lipinski definition) is 1. The topological polar surface area (TPSA) is 12.0 Å². The first-order valence-electron chi connectivity index (χ1n) is 1.52. The second kappa shape index (κ2) is 1.87. The van der Waals surface area contributed by atoms with Gasteiger partial charge < -0.3 is 0 Å². The number of halogens is 1. The lowest BCUT2D eigenvalue weighted by molar-refractivity contribution is 1.04. The minimum Gasteiger partial charge on any atom is -0.239 e. The van der Waals surface area contributed by atoms with Gasteiger partial charge in [-0.1, -0.05) is 23.5 Å². The Morgan fingerprint density at radius 2 is 2.83 bits per heavy atom. The molecule has 0 amide bonds. The fourth-order valence-corrected chi connectivity index (χ4v) is 0.973. The highest BCUT2D eigenvalue weighted by molar-refractivity contribution is 8.00. The van der Waals surface area contributed by atoms with Gasteiger partial charge in [0.05, 0.1) is 0 Å². The molecule has 1 radical (unpaired) electrons. The average molecular weight is 121 g/mol. The first-order valence-corrected chi connectivity index (χ1v) is 2.84. The van der Waals surface area contributed by atoms with E-state index in [0.29, 0.717) is 0 Å². The Morgan fingerprint density at radius 3 is 3.00 bits per heavy atom. The third kappa shape index (κ3) is 0.899. The first kappa shape index (κ1) is 4.50. The molecule has 0 bridgehead atoms. The molecule has 6 heavy (non-hydrogen) atoms. The minimum absolute atomic E-state index is 0.0741. The molecule has 0 saturated heterocycles. The van der Waals surface area contributed by atoms with Gasteiger partial charge in [0, 0.05) is 0 Å². The van der Waals surface area contributed by atoms with E-state index in [1.54, 1.807) is 5.41 Å². The van der Waals surface area contributed by atoms with Crippen LogP contribution in [0.1, 0.15) is 0 Å². The molecule has 1 rings (SSSR count). The largest absolute Gasteiger partial charge is 0.239 e. The van der Waals surface area contributed by atoms with Gasteiger partial charge in [-0.2, -0.15) is 0 Å². The van der Waals surface area contributed by atoms with Crippen molar-refractivity contribution in [3.63, 3.8) is 0 Å². The molecule has 1 atom stereocenters. The highest BCUT2D eigenvalue weighted by atomic mass is 35.5. The predicted octanol–water partition coefficient (Wildman–Crippen LogP) is 1.12. The van der Waals surface area contributed by atoms with Crippen molar-refractivity contribution < 1.29 is 0 Å². The zero-order valence-electron chi connectivity index (χ0n) is 2.94. The lowest BCUT2D eigenvalue weighted by Gasteiger charge is -1.89. The van der Waals surface area contributed by atoms with E-state index in [1.807, 2.05) is 0 Å². The predicted molar refractivity (Wildman–Crippen MR) is 28.2 cm³/mol. The van der Waals surface area contributed by atoms with Crippen LogP contribution in [0.5, 0.6) is 0 Å². The molecule has 1 N–H and O–H groups in total. The molecule has 0 spiro atoms. The molecule has 0 aromatic carbocycles. The molecule has 1 heterocycles. The minimum atomic E-state index is -0.0741. The second-order valence-corrected chi connectivity index (χ2v) is 2.03. The maximum Gasteiger partial charge on any atom is 0.118 e. The van der Waals surface area contributed by atoms with E-state index in [2.05, 4.69) is 10.8 Å². The molecule has 0 fully saturated rings. The van der Waals surface area contributed by atoms with Crippen molar-refractivity contribution >= 4 is 23.5 Å². The van der Waals surface area contributed by atoms with Crippen molar-refractivity contribution in [3.8, 4) is 0 Å². The number of alkyl halides is 1. The van der Waals surface area contributed by atoms with Gasteiger partial charge in [-0.25, -0.2) is 4.72 Å². The summed E-state index contributed by atoms with van der Waals surface area (Å²) in [6.07, 6.45) is 2.81. The van der Waals surface area contributed by atoms with Crippen LogP contribution < -0.4 is 4.72 Å². The summed E-state index contributed by atoms with van der Waals surface area (Å²) in [4.78, 5) is 0. The van der Waals surface area contributed by atoms with E-state index in [1.165, 1.54) is 11.9 Å². The molecule has 0 aromatic rings. The van der Waals surface area contributed by atoms with Crippen molar-refractivity contribution in [2.45, 2.75) is 5.50 Å².